The Morgan fingerprint density at radius 1 is 1.17 bits per heavy atom. The first-order chi connectivity index (χ1) is 14.4. The summed E-state index contributed by atoms with van der Waals surface area (Å²) in [6.45, 7) is 1.41. The van der Waals surface area contributed by atoms with Gasteiger partial charge in [0.15, 0.2) is 6.29 Å². The number of aromatic nitrogens is 2. The summed E-state index contributed by atoms with van der Waals surface area (Å²) in [6.07, 6.45) is 2.09. The standard InChI is InChI=1S/C21H27FN4O4/c1-25-16-11-17(26-8-6-12(7-9-26)21(29-2)30-3)15(22)10-14(16)19(24-25)13-4-5-18(27)23-20(13)28/h10-13,21H,4-9H2,1-3H3,(H,23,27,28). The number of carbonyl (C=O) groups is 2. The third kappa shape index (κ3) is 3.67. The Kier molecular flexibility index (Phi) is 5.75. The summed E-state index contributed by atoms with van der Waals surface area (Å²) in [5.41, 5.74) is 1.81. The number of amides is 2. The molecule has 0 saturated carbocycles. The molecule has 2 aromatic rings. The maximum absolute atomic E-state index is 15.1. The van der Waals surface area contributed by atoms with Gasteiger partial charge in [-0.25, -0.2) is 4.39 Å². The molecule has 2 aliphatic rings. The number of fused-ring (bicyclic) bond motifs is 1. The number of aryl methyl sites for hydroxylation is 1. The Morgan fingerprint density at radius 2 is 1.87 bits per heavy atom. The fourth-order valence-electron chi connectivity index (χ4n) is 4.64. The summed E-state index contributed by atoms with van der Waals surface area (Å²) in [5.74, 6) is -1.26. The fourth-order valence-corrected chi connectivity index (χ4v) is 4.64. The molecule has 3 heterocycles. The van der Waals surface area contributed by atoms with Crippen molar-refractivity contribution < 1.29 is 23.5 Å². The molecule has 1 N–H and O–H groups in total. The molecule has 1 aromatic heterocycles. The SMILES string of the molecule is COC(OC)C1CCN(c2cc3c(cc2F)c(C2CCC(=O)NC2=O)nn3C)CC1. The summed E-state index contributed by atoms with van der Waals surface area (Å²) >= 11 is 0. The lowest BCUT2D eigenvalue weighted by Crippen LogP contribution is -2.39. The van der Waals surface area contributed by atoms with E-state index in [1.54, 1.807) is 32.0 Å². The number of hydrogen-bond acceptors (Lipinski definition) is 6. The molecule has 0 aliphatic carbocycles. The number of hydrogen-bond donors (Lipinski definition) is 1. The molecule has 8 nitrogen and oxygen atoms in total. The van der Waals surface area contributed by atoms with Crippen LogP contribution in [-0.2, 0) is 26.1 Å². The highest BCUT2D eigenvalue weighted by Gasteiger charge is 2.33. The van der Waals surface area contributed by atoms with Crippen LogP contribution in [0, 0.1) is 11.7 Å². The van der Waals surface area contributed by atoms with E-state index in [1.807, 2.05) is 4.90 Å². The van der Waals surface area contributed by atoms with Gasteiger partial charge in [0.05, 0.1) is 22.8 Å². The summed E-state index contributed by atoms with van der Waals surface area (Å²) in [6, 6.07) is 3.27. The number of piperidine rings is 2. The second-order valence-corrected chi connectivity index (χ2v) is 8.00. The van der Waals surface area contributed by atoms with E-state index in [4.69, 9.17) is 9.47 Å². The Hall–Kier alpha value is -2.52. The molecule has 2 fully saturated rings. The van der Waals surface area contributed by atoms with E-state index < -0.39 is 5.92 Å². The Balaban J connectivity index is 1.60. The predicted molar refractivity (Wildman–Crippen MR) is 109 cm³/mol. The van der Waals surface area contributed by atoms with Crippen molar-refractivity contribution in [2.45, 2.75) is 37.9 Å². The molecule has 9 heteroatoms. The van der Waals surface area contributed by atoms with Gasteiger partial charge in [-0.1, -0.05) is 0 Å². The number of anilines is 1. The minimum atomic E-state index is -0.549. The molecule has 4 rings (SSSR count). The highest BCUT2D eigenvalue weighted by Crippen LogP contribution is 2.35. The molecule has 162 valence electrons. The number of rotatable bonds is 5. The van der Waals surface area contributed by atoms with Crippen molar-refractivity contribution in [1.29, 1.82) is 0 Å². The summed E-state index contributed by atoms with van der Waals surface area (Å²) in [5, 5.41) is 7.47. The number of nitrogens with one attached hydrogen (secondary N) is 1. The van der Waals surface area contributed by atoms with E-state index in [1.165, 1.54) is 6.07 Å². The van der Waals surface area contributed by atoms with Crippen LogP contribution in [0.3, 0.4) is 0 Å². The van der Waals surface area contributed by atoms with Gasteiger partial charge in [0.2, 0.25) is 11.8 Å². The number of benzene rings is 1. The van der Waals surface area contributed by atoms with Crippen LogP contribution in [0.4, 0.5) is 10.1 Å². The first kappa shape index (κ1) is 20.7. The second-order valence-electron chi connectivity index (χ2n) is 8.00. The molecular weight excluding hydrogens is 391 g/mol. The third-order valence-corrected chi connectivity index (χ3v) is 6.25. The van der Waals surface area contributed by atoms with Crippen molar-refractivity contribution in [3.05, 3.63) is 23.6 Å². The largest absolute Gasteiger partial charge is 0.369 e. The number of nitrogens with zero attached hydrogens (tertiary/aromatic N) is 3. The molecule has 0 spiro atoms. The lowest BCUT2D eigenvalue weighted by molar-refractivity contribution is -0.141. The monoisotopic (exact) mass is 418 g/mol. The second kappa shape index (κ2) is 8.31. The molecule has 0 bridgehead atoms. The van der Waals surface area contributed by atoms with Gasteiger partial charge in [-0.2, -0.15) is 5.10 Å². The summed E-state index contributed by atoms with van der Waals surface area (Å²) in [4.78, 5) is 25.8. The van der Waals surface area contributed by atoms with Crippen molar-refractivity contribution in [2.75, 3.05) is 32.2 Å². The van der Waals surface area contributed by atoms with E-state index in [-0.39, 0.29) is 36.3 Å². The van der Waals surface area contributed by atoms with Gasteiger partial charge in [-0.05, 0) is 31.4 Å². The minimum Gasteiger partial charge on any atom is -0.369 e. The predicted octanol–water partition coefficient (Wildman–Crippen LogP) is 2.07. The average Bonchev–Trinajstić information content (AvgIpc) is 3.04. The number of halogens is 1. The maximum atomic E-state index is 15.1. The quantitative estimate of drug-likeness (QED) is 0.591. The molecule has 1 atom stereocenters. The number of carbonyl (C=O) groups excluding carboxylic acids is 2. The van der Waals surface area contributed by atoms with Gasteiger partial charge in [0.25, 0.3) is 0 Å². The smallest absolute Gasteiger partial charge is 0.235 e. The summed E-state index contributed by atoms with van der Waals surface area (Å²) in [7, 11) is 5.06. The van der Waals surface area contributed by atoms with Gasteiger partial charge < -0.3 is 14.4 Å². The zero-order valence-electron chi connectivity index (χ0n) is 17.5. The van der Waals surface area contributed by atoms with Crippen molar-refractivity contribution in [1.82, 2.24) is 15.1 Å². The van der Waals surface area contributed by atoms with Crippen LogP contribution in [0.5, 0.6) is 0 Å². The first-order valence-corrected chi connectivity index (χ1v) is 10.2. The highest BCUT2D eigenvalue weighted by molar-refractivity contribution is 6.02. The Bertz CT molecular complexity index is 964. The molecule has 2 saturated heterocycles. The van der Waals surface area contributed by atoms with Crippen LogP contribution in [0.2, 0.25) is 0 Å². The van der Waals surface area contributed by atoms with E-state index >= 15 is 4.39 Å². The van der Waals surface area contributed by atoms with Crippen molar-refractivity contribution in [2.24, 2.45) is 13.0 Å². The molecule has 1 aromatic carbocycles. The minimum absolute atomic E-state index is 0.243. The number of methoxy groups -OCH3 is 2. The van der Waals surface area contributed by atoms with Crippen LogP contribution in [0.15, 0.2) is 12.1 Å². The van der Waals surface area contributed by atoms with E-state index in [0.29, 0.717) is 36.3 Å². The van der Waals surface area contributed by atoms with Crippen LogP contribution in [0.1, 0.15) is 37.3 Å². The van der Waals surface area contributed by atoms with E-state index in [9.17, 15) is 9.59 Å². The Labute approximate surface area is 174 Å². The molecular formula is C21H27FN4O4. The molecule has 0 radical (unpaired) electrons. The van der Waals surface area contributed by atoms with E-state index in [2.05, 4.69) is 10.4 Å². The topological polar surface area (TPSA) is 85.7 Å². The number of imide groups is 1. The first-order valence-electron chi connectivity index (χ1n) is 10.2. The fraction of sp³-hybridized carbons (Fsp3) is 0.571. The third-order valence-electron chi connectivity index (χ3n) is 6.25. The maximum Gasteiger partial charge on any atom is 0.235 e. The summed E-state index contributed by atoms with van der Waals surface area (Å²) < 4.78 is 27.5. The zero-order chi connectivity index (χ0) is 21.4. The molecule has 30 heavy (non-hydrogen) atoms. The van der Waals surface area contributed by atoms with Gasteiger partial charge in [-0.3, -0.25) is 19.6 Å². The van der Waals surface area contributed by atoms with E-state index in [0.717, 1.165) is 18.4 Å². The Morgan fingerprint density at radius 3 is 2.50 bits per heavy atom. The molecule has 2 amide bonds. The van der Waals surface area contributed by atoms with Gasteiger partial charge in [0.1, 0.15) is 5.82 Å². The lowest BCUT2D eigenvalue weighted by Gasteiger charge is -2.36. The van der Waals surface area contributed by atoms with Gasteiger partial charge >= 0.3 is 0 Å². The van der Waals surface area contributed by atoms with Crippen LogP contribution in [-0.4, -0.2) is 55.2 Å². The van der Waals surface area contributed by atoms with Gasteiger partial charge in [-0.15, -0.1) is 0 Å². The van der Waals surface area contributed by atoms with Gasteiger partial charge in [0, 0.05) is 52.1 Å². The van der Waals surface area contributed by atoms with Crippen LogP contribution < -0.4 is 10.2 Å². The molecule has 2 aliphatic heterocycles. The zero-order valence-corrected chi connectivity index (χ0v) is 17.5. The lowest BCUT2D eigenvalue weighted by atomic mass is 9.92. The van der Waals surface area contributed by atoms with Crippen molar-refractivity contribution >= 4 is 28.4 Å². The van der Waals surface area contributed by atoms with Crippen LogP contribution in [0.25, 0.3) is 10.9 Å². The molecule has 1 unspecified atom stereocenters. The van der Waals surface area contributed by atoms with Crippen molar-refractivity contribution in [3.63, 3.8) is 0 Å². The average molecular weight is 418 g/mol. The normalized spacial score (nSPS) is 21.0. The highest BCUT2D eigenvalue weighted by atomic mass is 19.1. The number of ether oxygens (including phenoxy) is 2. The van der Waals surface area contributed by atoms with Crippen molar-refractivity contribution in [3.8, 4) is 0 Å². The van der Waals surface area contributed by atoms with Crippen LogP contribution >= 0.6 is 0 Å².